The van der Waals surface area contributed by atoms with Gasteiger partial charge in [-0.15, -0.1) is 0 Å². The molecule has 1 atom stereocenters. The van der Waals surface area contributed by atoms with Crippen molar-refractivity contribution < 1.29 is 9.59 Å². The third-order valence-corrected chi connectivity index (χ3v) is 2.98. The fraction of sp³-hybridized carbons (Fsp3) is 0.133. The highest BCUT2D eigenvalue weighted by atomic mass is 16.2. The van der Waals surface area contributed by atoms with Crippen molar-refractivity contribution in [3.8, 4) is 0 Å². The predicted octanol–water partition coefficient (Wildman–Crippen LogP) is 0.933. The second kappa shape index (κ2) is 7.16. The van der Waals surface area contributed by atoms with Crippen LogP contribution in [0.3, 0.4) is 0 Å². The smallest absolute Gasteiger partial charge is 0.253 e. The molecule has 0 aliphatic rings. The molecule has 108 valence electrons. The maximum atomic E-state index is 12.2. The summed E-state index contributed by atoms with van der Waals surface area (Å²) < 4.78 is 0. The third-order valence-electron chi connectivity index (χ3n) is 2.98. The van der Waals surface area contributed by atoms with Gasteiger partial charge in [-0.3, -0.25) is 20.0 Å². The van der Waals surface area contributed by atoms with Gasteiger partial charge in [-0.05, 0) is 17.7 Å². The van der Waals surface area contributed by atoms with Gasteiger partial charge in [0.05, 0.1) is 18.0 Å². The van der Waals surface area contributed by atoms with Gasteiger partial charge in [-0.1, -0.05) is 30.3 Å². The first kappa shape index (κ1) is 14.7. The third kappa shape index (κ3) is 4.12. The van der Waals surface area contributed by atoms with Crippen LogP contribution in [0.5, 0.6) is 0 Å². The van der Waals surface area contributed by atoms with Gasteiger partial charge in [-0.25, -0.2) is 5.84 Å². The monoisotopic (exact) mass is 284 g/mol. The van der Waals surface area contributed by atoms with Gasteiger partial charge in [0.25, 0.3) is 5.91 Å². The molecule has 1 aromatic carbocycles. The van der Waals surface area contributed by atoms with E-state index in [9.17, 15) is 9.59 Å². The van der Waals surface area contributed by atoms with Crippen molar-refractivity contribution in [2.75, 3.05) is 0 Å². The van der Waals surface area contributed by atoms with E-state index in [0.29, 0.717) is 5.56 Å². The molecule has 0 bridgehead atoms. The van der Waals surface area contributed by atoms with E-state index in [1.54, 1.807) is 18.3 Å². The van der Waals surface area contributed by atoms with Crippen molar-refractivity contribution in [3.63, 3.8) is 0 Å². The Morgan fingerprint density at radius 1 is 1.14 bits per heavy atom. The molecular formula is C15H16N4O2. The van der Waals surface area contributed by atoms with E-state index >= 15 is 0 Å². The zero-order valence-corrected chi connectivity index (χ0v) is 11.3. The molecule has 0 radical (unpaired) electrons. The molecular weight excluding hydrogens is 268 g/mol. The summed E-state index contributed by atoms with van der Waals surface area (Å²) >= 11 is 0. The average Bonchev–Trinajstić information content (AvgIpc) is 2.55. The Hall–Kier alpha value is -2.73. The number of carbonyl (C=O) groups excluding carboxylic acids is 2. The van der Waals surface area contributed by atoms with Crippen molar-refractivity contribution in [2.45, 2.75) is 12.5 Å². The molecule has 2 rings (SSSR count). The molecule has 6 heteroatoms. The number of nitrogens with zero attached hydrogens (tertiary/aromatic N) is 1. The lowest BCUT2D eigenvalue weighted by Crippen LogP contribution is -2.36. The number of hydrogen-bond donors (Lipinski definition) is 3. The number of nitrogens with one attached hydrogen (secondary N) is 2. The minimum Gasteiger partial charge on any atom is -0.345 e. The Balaban J connectivity index is 2.16. The average molecular weight is 284 g/mol. The van der Waals surface area contributed by atoms with Crippen LogP contribution in [0.4, 0.5) is 0 Å². The Bertz CT molecular complexity index is 602. The number of pyridine rings is 1. The minimum atomic E-state index is -0.456. The number of hydrogen-bond acceptors (Lipinski definition) is 4. The molecule has 2 amide bonds. The van der Waals surface area contributed by atoms with Gasteiger partial charge >= 0.3 is 0 Å². The van der Waals surface area contributed by atoms with Gasteiger partial charge in [0.1, 0.15) is 0 Å². The molecule has 1 aromatic heterocycles. The van der Waals surface area contributed by atoms with Crippen LogP contribution < -0.4 is 16.6 Å². The Kier molecular flexibility index (Phi) is 5.00. The van der Waals surface area contributed by atoms with Gasteiger partial charge in [0.2, 0.25) is 5.91 Å². The van der Waals surface area contributed by atoms with E-state index in [-0.39, 0.29) is 18.2 Å². The maximum absolute atomic E-state index is 12.2. The van der Waals surface area contributed by atoms with Crippen LogP contribution in [0.15, 0.2) is 54.9 Å². The molecule has 0 aliphatic heterocycles. The quantitative estimate of drug-likeness (QED) is 0.432. The van der Waals surface area contributed by atoms with Crippen LogP contribution >= 0.6 is 0 Å². The van der Waals surface area contributed by atoms with Crippen molar-refractivity contribution >= 4 is 11.8 Å². The van der Waals surface area contributed by atoms with E-state index in [4.69, 9.17) is 5.84 Å². The molecule has 1 unspecified atom stereocenters. The van der Waals surface area contributed by atoms with Crippen LogP contribution in [-0.2, 0) is 4.79 Å². The Labute approximate surface area is 122 Å². The molecule has 0 spiro atoms. The van der Waals surface area contributed by atoms with Gasteiger partial charge in [0, 0.05) is 12.4 Å². The number of rotatable bonds is 5. The second-order valence-corrected chi connectivity index (χ2v) is 4.45. The van der Waals surface area contributed by atoms with E-state index in [2.05, 4.69) is 15.7 Å². The van der Waals surface area contributed by atoms with Crippen molar-refractivity contribution in [2.24, 2.45) is 5.84 Å². The summed E-state index contributed by atoms with van der Waals surface area (Å²) in [4.78, 5) is 27.6. The fourth-order valence-corrected chi connectivity index (χ4v) is 1.92. The SMILES string of the molecule is NNC(=O)CC(NC(=O)c1cccnc1)c1ccccc1. The topological polar surface area (TPSA) is 97.1 Å². The summed E-state index contributed by atoms with van der Waals surface area (Å²) in [5.41, 5.74) is 3.34. The molecule has 1 heterocycles. The zero-order chi connectivity index (χ0) is 15.1. The summed E-state index contributed by atoms with van der Waals surface area (Å²) in [6, 6.07) is 12.1. The van der Waals surface area contributed by atoms with Crippen LogP contribution in [0.2, 0.25) is 0 Å². The highest BCUT2D eigenvalue weighted by Crippen LogP contribution is 2.17. The lowest BCUT2D eigenvalue weighted by molar-refractivity contribution is -0.121. The zero-order valence-electron chi connectivity index (χ0n) is 11.3. The second-order valence-electron chi connectivity index (χ2n) is 4.45. The van der Waals surface area contributed by atoms with Crippen LogP contribution in [0, 0.1) is 0 Å². The number of benzene rings is 1. The summed E-state index contributed by atoms with van der Waals surface area (Å²) in [6.45, 7) is 0. The van der Waals surface area contributed by atoms with Crippen molar-refractivity contribution in [3.05, 3.63) is 66.0 Å². The predicted molar refractivity (Wildman–Crippen MR) is 77.8 cm³/mol. The lowest BCUT2D eigenvalue weighted by atomic mass is 10.0. The van der Waals surface area contributed by atoms with E-state index < -0.39 is 6.04 Å². The van der Waals surface area contributed by atoms with Crippen LogP contribution in [0.25, 0.3) is 0 Å². The Morgan fingerprint density at radius 2 is 1.90 bits per heavy atom. The van der Waals surface area contributed by atoms with Crippen LogP contribution in [0.1, 0.15) is 28.4 Å². The summed E-state index contributed by atoms with van der Waals surface area (Å²) in [5, 5.41) is 2.82. The molecule has 0 saturated heterocycles. The Morgan fingerprint density at radius 3 is 2.52 bits per heavy atom. The largest absolute Gasteiger partial charge is 0.345 e. The lowest BCUT2D eigenvalue weighted by Gasteiger charge is -2.18. The first-order valence-electron chi connectivity index (χ1n) is 6.46. The molecule has 0 aliphatic carbocycles. The standard InChI is InChI=1S/C15H16N4O2/c16-19-14(20)9-13(11-5-2-1-3-6-11)18-15(21)12-7-4-8-17-10-12/h1-8,10,13H,9,16H2,(H,18,21)(H,19,20). The van der Waals surface area contributed by atoms with E-state index in [0.717, 1.165) is 5.56 Å². The molecule has 0 saturated carbocycles. The number of carbonyl (C=O) groups is 2. The first-order chi connectivity index (χ1) is 10.2. The van der Waals surface area contributed by atoms with Gasteiger partial charge < -0.3 is 5.32 Å². The molecule has 21 heavy (non-hydrogen) atoms. The number of amides is 2. The highest BCUT2D eigenvalue weighted by Gasteiger charge is 2.18. The normalized spacial score (nSPS) is 11.5. The van der Waals surface area contributed by atoms with Crippen LogP contribution in [-0.4, -0.2) is 16.8 Å². The highest BCUT2D eigenvalue weighted by molar-refractivity contribution is 5.94. The number of hydrazine groups is 1. The van der Waals surface area contributed by atoms with Gasteiger partial charge in [-0.2, -0.15) is 0 Å². The van der Waals surface area contributed by atoms with Crippen molar-refractivity contribution in [1.29, 1.82) is 0 Å². The van der Waals surface area contributed by atoms with E-state index in [1.165, 1.54) is 6.20 Å². The minimum absolute atomic E-state index is 0.0620. The summed E-state index contributed by atoms with van der Waals surface area (Å²) in [5.74, 6) is 4.48. The first-order valence-corrected chi connectivity index (χ1v) is 6.46. The van der Waals surface area contributed by atoms with Gasteiger partial charge in [0.15, 0.2) is 0 Å². The number of aromatic nitrogens is 1. The molecule has 4 N–H and O–H groups in total. The van der Waals surface area contributed by atoms with E-state index in [1.807, 2.05) is 30.3 Å². The number of nitrogens with two attached hydrogens (primary N) is 1. The molecule has 6 nitrogen and oxygen atoms in total. The maximum Gasteiger partial charge on any atom is 0.253 e. The van der Waals surface area contributed by atoms with Crippen molar-refractivity contribution in [1.82, 2.24) is 15.7 Å². The molecule has 0 fully saturated rings. The fourth-order valence-electron chi connectivity index (χ4n) is 1.92. The summed E-state index contributed by atoms with van der Waals surface area (Å²) in [6.07, 6.45) is 3.13. The summed E-state index contributed by atoms with van der Waals surface area (Å²) in [7, 11) is 0. The molecule has 2 aromatic rings.